The van der Waals surface area contributed by atoms with E-state index in [1.807, 2.05) is 21.7 Å². The molecule has 0 unspecified atom stereocenters. The first kappa shape index (κ1) is 30.0. The van der Waals surface area contributed by atoms with Crippen LogP contribution in [0.3, 0.4) is 0 Å². The predicted molar refractivity (Wildman–Crippen MR) is 167 cm³/mol. The molecule has 6 rings (SSSR count). The minimum atomic E-state index is -0.0845. The number of nitrogens with one attached hydrogen (secondary N) is 1. The summed E-state index contributed by atoms with van der Waals surface area (Å²) >= 11 is 0. The van der Waals surface area contributed by atoms with Gasteiger partial charge in [0.05, 0.1) is 44.8 Å². The summed E-state index contributed by atoms with van der Waals surface area (Å²) in [4.78, 5) is 38.5. The van der Waals surface area contributed by atoms with Crippen molar-refractivity contribution >= 4 is 45.8 Å². The number of amides is 2. The van der Waals surface area contributed by atoms with Gasteiger partial charge in [-0.25, -0.2) is 14.6 Å². The number of nitrogens with two attached hydrogens (primary N) is 2. The van der Waals surface area contributed by atoms with Crippen molar-refractivity contribution in [3.8, 4) is 11.3 Å². The Kier molecular flexibility index (Phi) is 8.84. The average molecular weight is 614 g/mol. The van der Waals surface area contributed by atoms with Crippen LogP contribution in [0, 0.1) is 0 Å². The van der Waals surface area contributed by atoms with Crippen LogP contribution >= 0.6 is 0 Å². The second kappa shape index (κ2) is 13.3. The van der Waals surface area contributed by atoms with E-state index in [1.54, 1.807) is 6.07 Å². The second-order valence-electron chi connectivity index (χ2n) is 10.8. The second-order valence-corrected chi connectivity index (χ2v) is 10.8. The summed E-state index contributed by atoms with van der Waals surface area (Å²) in [5.74, 6) is 0.322. The lowest BCUT2D eigenvalue weighted by Crippen LogP contribution is -2.36. The molecule has 0 atom stereocenters. The fourth-order valence-corrected chi connectivity index (χ4v) is 5.46. The molecule has 0 fully saturated rings. The van der Waals surface area contributed by atoms with Crippen LogP contribution in [0.15, 0.2) is 47.1 Å². The van der Waals surface area contributed by atoms with Gasteiger partial charge in [-0.05, 0) is 41.3 Å². The maximum Gasteiger partial charge on any atom is 0.292 e. The number of oxazole rings is 1. The Morgan fingerprint density at radius 2 is 1.87 bits per heavy atom. The van der Waals surface area contributed by atoms with Gasteiger partial charge in [0, 0.05) is 32.1 Å². The van der Waals surface area contributed by atoms with Crippen molar-refractivity contribution in [3.05, 3.63) is 59.4 Å². The van der Waals surface area contributed by atoms with E-state index in [9.17, 15) is 9.59 Å². The maximum atomic E-state index is 12.8. The minimum Gasteiger partial charge on any atom is -0.424 e. The zero-order chi connectivity index (χ0) is 31.3. The van der Waals surface area contributed by atoms with Gasteiger partial charge >= 0.3 is 0 Å². The fourth-order valence-electron chi connectivity index (χ4n) is 5.46. The third-order valence-corrected chi connectivity index (χ3v) is 7.66. The molecule has 14 heteroatoms. The summed E-state index contributed by atoms with van der Waals surface area (Å²) < 4.78 is 18.2. The van der Waals surface area contributed by atoms with Crippen LogP contribution in [0.1, 0.15) is 30.0 Å². The molecule has 0 saturated heterocycles. The maximum absolute atomic E-state index is 12.8. The predicted octanol–water partition coefficient (Wildman–Crippen LogP) is 2.29. The number of hydrogen-bond donors (Lipinski definition) is 3. The number of carbonyl (C=O) groups is 2. The van der Waals surface area contributed by atoms with E-state index in [-0.39, 0.29) is 17.8 Å². The monoisotopic (exact) mass is 613 g/mol. The van der Waals surface area contributed by atoms with Gasteiger partial charge in [-0.1, -0.05) is 18.2 Å². The van der Waals surface area contributed by atoms with Gasteiger partial charge in [0.15, 0.2) is 11.2 Å². The first-order valence-corrected chi connectivity index (χ1v) is 14.8. The minimum absolute atomic E-state index is 0.0654. The van der Waals surface area contributed by atoms with E-state index < -0.39 is 0 Å². The molecule has 1 aliphatic heterocycles. The first-order valence-electron chi connectivity index (χ1n) is 14.8. The highest BCUT2D eigenvalue weighted by Crippen LogP contribution is 2.33. The summed E-state index contributed by atoms with van der Waals surface area (Å²) in [5.41, 5.74) is 18.7. The molecule has 0 spiro atoms. The molecular formula is C31H35N9O5. The topological polar surface area (TPSA) is 190 Å². The molecule has 1 aliphatic rings. The van der Waals surface area contributed by atoms with E-state index in [1.165, 1.54) is 18.8 Å². The Hall–Kier alpha value is -5.08. The number of nitrogen functional groups attached to an aromatic ring is 2. The fraction of sp³-hybridized carbons (Fsp3) is 0.355. The van der Waals surface area contributed by atoms with Crippen LogP contribution in [-0.2, 0) is 38.6 Å². The van der Waals surface area contributed by atoms with Gasteiger partial charge < -0.3 is 35.6 Å². The summed E-state index contributed by atoms with van der Waals surface area (Å²) in [7, 11) is 0. The normalized spacial score (nSPS) is 13.0. The van der Waals surface area contributed by atoms with Crippen LogP contribution in [0.2, 0.25) is 0 Å². The van der Waals surface area contributed by atoms with Crippen molar-refractivity contribution in [2.45, 2.75) is 32.9 Å². The first-order chi connectivity index (χ1) is 21.9. The van der Waals surface area contributed by atoms with Gasteiger partial charge in [0.25, 0.3) is 6.01 Å². The number of ether oxygens (including phenoxy) is 2. The molecule has 0 radical (unpaired) electrons. The van der Waals surface area contributed by atoms with E-state index >= 15 is 0 Å². The number of nitrogens with zero attached hydrogens (tertiary/aromatic N) is 6. The molecule has 0 saturated carbocycles. The zero-order valence-corrected chi connectivity index (χ0v) is 25.0. The Balaban J connectivity index is 1.07. The van der Waals surface area contributed by atoms with E-state index in [2.05, 4.69) is 38.5 Å². The summed E-state index contributed by atoms with van der Waals surface area (Å²) in [6.45, 7) is 5.21. The number of anilines is 2. The highest BCUT2D eigenvalue weighted by Gasteiger charge is 2.22. The third kappa shape index (κ3) is 6.86. The summed E-state index contributed by atoms with van der Waals surface area (Å²) in [6.07, 6.45) is 2.52. The highest BCUT2D eigenvalue weighted by atomic mass is 16.5. The van der Waals surface area contributed by atoms with Crippen molar-refractivity contribution in [2.75, 3.05) is 51.0 Å². The van der Waals surface area contributed by atoms with Crippen molar-refractivity contribution in [3.63, 3.8) is 0 Å². The zero-order valence-electron chi connectivity index (χ0n) is 25.0. The van der Waals surface area contributed by atoms with Crippen LogP contribution in [0.5, 0.6) is 0 Å². The molecule has 0 bridgehead atoms. The Labute approximate surface area is 258 Å². The Morgan fingerprint density at radius 1 is 1.02 bits per heavy atom. The number of aromatic nitrogens is 5. The van der Waals surface area contributed by atoms with Gasteiger partial charge in [-0.2, -0.15) is 10.1 Å². The molecule has 4 heterocycles. The molecule has 2 aromatic carbocycles. The number of hydrogen-bond acceptors (Lipinski definition) is 11. The Morgan fingerprint density at radius 3 is 2.71 bits per heavy atom. The van der Waals surface area contributed by atoms with Crippen LogP contribution in [0.25, 0.3) is 33.4 Å². The van der Waals surface area contributed by atoms with Crippen LogP contribution < -0.4 is 16.8 Å². The van der Waals surface area contributed by atoms with Gasteiger partial charge in [0.1, 0.15) is 23.4 Å². The standard InChI is InChI=1S/C31H35N9O5/c1-19(41)34-8-11-44-13-12-43-10-7-26(42)39-9-6-21-14-20(2-3-23(21)17-39)16-40-30-27(29(32)35-18-36-30)28(38-40)22-4-5-25-24(15-22)37-31(33)45-25/h2-5,14-15,18H,6-13,16-17H2,1H3,(H2,33,37)(H,34,41)(H2,32,35,36). The van der Waals surface area contributed by atoms with E-state index in [0.717, 1.165) is 23.1 Å². The lowest BCUT2D eigenvalue weighted by molar-refractivity contribution is -0.133. The lowest BCUT2D eigenvalue weighted by Gasteiger charge is -2.29. The number of carbonyl (C=O) groups excluding carboxylic acids is 2. The van der Waals surface area contributed by atoms with E-state index in [0.29, 0.717) is 92.7 Å². The number of benzene rings is 2. The average Bonchev–Trinajstić information content (AvgIpc) is 3.59. The molecule has 14 nitrogen and oxygen atoms in total. The molecule has 3 aromatic heterocycles. The van der Waals surface area contributed by atoms with Gasteiger partial charge in [-0.15, -0.1) is 0 Å². The van der Waals surface area contributed by atoms with Crippen LogP contribution in [0.4, 0.5) is 11.8 Å². The van der Waals surface area contributed by atoms with Crippen molar-refractivity contribution < 1.29 is 23.5 Å². The molecule has 234 valence electrons. The highest BCUT2D eigenvalue weighted by molar-refractivity contribution is 5.99. The van der Waals surface area contributed by atoms with E-state index in [4.69, 9.17) is 30.5 Å². The largest absolute Gasteiger partial charge is 0.424 e. The third-order valence-electron chi connectivity index (χ3n) is 7.66. The molecule has 2 amide bonds. The molecule has 0 aliphatic carbocycles. The van der Waals surface area contributed by atoms with Gasteiger partial charge in [0.2, 0.25) is 11.8 Å². The van der Waals surface area contributed by atoms with Crippen molar-refractivity contribution in [2.24, 2.45) is 0 Å². The smallest absolute Gasteiger partial charge is 0.292 e. The molecule has 45 heavy (non-hydrogen) atoms. The number of fused-ring (bicyclic) bond motifs is 3. The number of rotatable bonds is 12. The molecule has 5 N–H and O–H groups in total. The Bertz CT molecular complexity index is 1850. The molecule has 5 aromatic rings. The lowest BCUT2D eigenvalue weighted by atomic mass is 9.97. The van der Waals surface area contributed by atoms with Gasteiger partial charge in [-0.3, -0.25) is 9.59 Å². The SMILES string of the molecule is CC(=O)NCCOCCOCCC(=O)N1CCc2cc(Cn3nc(-c4ccc5oc(N)nc5c4)c4c(N)ncnc43)ccc2C1. The summed E-state index contributed by atoms with van der Waals surface area (Å²) in [5, 5.41) is 8.23. The summed E-state index contributed by atoms with van der Waals surface area (Å²) in [6, 6.07) is 12.0. The van der Waals surface area contributed by atoms with Crippen molar-refractivity contribution in [1.82, 2.24) is 34.9 Å². The van der Waals surface area contributed by atoms with Crippen LogP contribution in [-0.4, -0.2) is 81.0 Å². The molecular weight excluding hydrogens is 578 g/mol. The quantitative estimate of drug-likeness (QED) is 0.175. The van der Waals surface area contributed by atoms with Crippen molar-refractivity contribution in [1.29, 1.82) is 0 Å².